The van der Waals surface area contributed by atoms with Crippen LogP contribution < -0.4 is 10.6 Å². The summed E-state index contributed by atoms with van der Waals surface area (Å²) in [5.74, 6) is -1.45. The number of amides is 2. The molecule has 0 spiro atoms. The number of likely N-dealkylation sites (N-methyl/N-ethyl adjacent to an activating group) is 1. The zero-order valence-electron chi connectivity index (χ0n) is 22.0. The van der Waals surface area contributed by atoms with Gasteiger partial charge in [-0.1, -0.05) is 24.3 Å². The summed E-state index contributed by atoms with van der Waals surface area (Å²) < 4.78 is 30.8. The topological polar surface area (TPSA) is 102 Å². The third kappa shape index (κ3) is 4.67. The number of rotatable bonds is 5. The van der Waals surface area contributed by atoms with E-state index in [0.29, 0.717) is 23.6 Å². The lowest BCUT2D eigenvalue weighted by Crippen LogP contribution is -2.42. The quantitative estimate of drug-likeness (QED) is 0.338. The van der Waals surface area contributed by atoms with Crippen molar-refractivity contribution in [2.45, 2.75) is 19.1 Å². The Balaban J connectivity index is 1.31. The zero-order valence-corrected chi connectivity index (χ0v) is 22.0. The Morgan fingerprint density at radius 3 is 2.62 bits per heavy atom. The molecule has 0 saturated carbocycles. The highest BCUT2D eigenvalue weighted by molar-refractivity contribution is 5.91. The zero-order chi connectivity index (χ0) is 28.0. The van der Waals surface area contributed by atoms with E-state index in [2.05, 4.69) is 20.7 Å². The molecule has 1 fully saturated rings. The maximum atomic E-state index is 13.9. The summed E-state index contributed by atoms with van der Waals surface area (Å²) in [7, 11) is 3.54. The number of nitrogens with zero attached hydrogens (tertiary/aromatic N) is 6. The van der Waals surface area contributed by atoms with E-state index in [1.807, 2.05) is 50.4 Å². The predicted octanol–water partition coefficient (Wildman–Crippen LogP) is 4.52. The van der Waals surface area contributed by atoms with Crippen LogP contribution in [0.3, 0.4) is 0 Å². The fraction of sp³-hybridized carbons (Fsp3) is 0.214. The lowest BCUT2D eigenvalue weighted by Gasteiger charge is -2.19. The smallest absolute Gasteiger partial charge is 0.320 e. The van der Waals surface area contributed by atoms with Crippen molar-refractivity contribution < 1.29 is 18.4 Å². The van der Waals surface area contributed by atoms with Crippen LogP contribution in [0.25, 0.3) is 28.0 Å². The molecule has 0 unspecified atom stereocenters. The molecule has 5 aromatic rings. The number of para-hydroxylation sites is 1. The normalized spacial score (nSPS) is 17.4. The summed E-state index contributed by atoms with van der Waals surface area (Å²) >= 11 is 0. The molecule has 0 aliphatic carbocycles. The summed E-state index contributed by atoms with van der Waals surface area (Å²) in [5.41, 5.74) is 4.09. The summed E-state index contributed by atoms with van der Waals surface area (Å²) in [6, 6.07) is 14.0. The fourth-order valence-electron chi connectivity index (χ4n) is 4.94. The first-order chi connectivity index (χ1) is 19.3. The highest BCUT2D eigenvalue weighted by Gasteiger charge is 2.35. The van der Waals surface area contributed by atoms with Gasteiger partial charge in [0.25, 0.3) is 0 Å². The molecule has 3 aromatic heterocycles. The Morgan fingerprint density at radius 1 is 1.05 bits per heavy atom. The van der Waals surface area contributed by atoms with Crippen LogP contribution >= 0.6 is 0 Å². The van der Waals surface area contributed by atoms with Crippen molar-refractivity contribution in [3.8, 4) is 16.9 Å². The average molecular weight is 545 g/mol. The van der Waals surface area contributed by atoms with Gasteiger partial charge in [0.2, 0.25) is 0 Å². The highest BCUT2D eigenvalue weighted by atomic mass is 19.2. The predicted molar refractivity (Wildman–Crippen MR) is 145 cm³/mol. The Labute approximate surface area is 228 Å². The van der Waals surface area contributed by atoms with Crippen molar-refractivity contribution in [1.82, 2.24) is 34.9 Å². The van der Waals surface area contributed by atoms with Gasteiger partial charge in [-0.15, -0.1) is 0 Å². The largest absolute Gasteiger partial charge is 0.331 e. The maximum Gasteiger partial charge on any atom is 0.320 e. The number of benzene rings is 2. The molecule has 10 nitrogen and oxygen atoms in total. The first kappa shape index (κ1) is 25.6. The molecular formula is C28H26F2N8O2. The Kier molecular flexibility index (Phi) is 6.48. The van der Waals surface area contributed by atoms with Gasteiger partial charge in [0.1, 0.15) is 11.9 Å². The van der Waals surface area contributed by atoms with Crippen molar-refractivity contribution in [2.24, 2.45) is 7.05 Å². The van der Waals surface area contributed by atoms with Crippen LogP contribution in [0.15, 0.2) is 67.0 Å². The van der Waals surface area contributed by atoms with Crippen LogP contribution in [0.5, 0.6) is 0 Å². The molecule has 4 heterocycles. The molecule has 1 aliphatic heterocycles. The first-order valence-electron chi connectivity index (χ1n) is 12.6. The van der Waals surface area contributed by atoms with Gasteiger partial charge < -0.3 is 5.32 Å². The van der Waals surface area contributed by atoms with Crippen LogP contribution in [-0.2, 0) is 11.9 Å². The minimum Gasteiger partial charge on any atom is -0.331 e. The Bertz CT molecular complexity index is 1720. The third-order valence-corrected chi connectivity index (χ3v) is 6.90. The highest BCUT2D eigenvalue weighted by Crippen LogP contribution is 2.32. The van der Waals surface area contributed by atoms with Gasteiger partial charge in [-0.3, -0.25) is 14.8 Å². The first-order valence-corrected chi connectivity index (χ1v) is 12.6. The average Bonchev–Trinajstić information content (AvgIpc) is 3.61. The van der Waals surface area contributed by atoms with Crippen molar-refractivity contribution in [3.63, 3.8) is 0 Å². The molecule has 1 saturated heterocycles. The Hall–Kier alpha value is -4.68. The van der Waals surface area contributed by atoms with E-state index in [9.17, 15) is 13.6 Å². The van der Waals surface area contributed by atoms with Gasteiger partial charge in [-0.05, 0) is 42.8 Å². The van der Waals surface area contributed by atoms with E-state index in [-0.39, 0.29) is 0 Å². The number of hydrogen-bond donors (Lipinski definition) is 2. The number of halogens is 2. The fourth-order valence-corrected chi connectivity index (χ4v) is 4.94. The molecule has 0 bridgehead atoms. The molecule has 2 aromatic carbocycles. The number of urea groups is 1. The number of pyridine rings is 1. The summed E-state index contributed by atoms with van der Waals surface area (Å²) in [5, 5.41) is 17.4. The van der Waals surface area contributed by atoms with E-state index in [1.54, 1.807) is 33.9 Å². The van der Waals surface area contributed by atoms with Crippen LogP contribution in [0.1, 0.15) is 17.2 Å². The molecule has 2 N–H and O–H groups in total. The molecular weight excluding hydrogens is 518 g/mol. The van der Waals surface area contributed by atoms with Gasteiger partial charge >= 0.3 is 6.03 Å². The van der Waals surface area contributed by atoms with Gasteiger partial charge in [0, 0.05) is 43.4 Å². The second-order valence-electron chi connectivity index (χ2n) is 9.69. The lowest BCUT2D eigenvalue weighted by atomic mass is 10.0. The lowest BCUT2D eigenvalue weighted by molar-refractivity contribution is -0.129. The van der Waals surface area contributed by atoms with E-state index >= 15 is 0 Å². The maximum absolute atomic E-state index is 13.9. The van der Waals surface area contributed by atoms with E-state index in [4.69, 9.17) is 9.94 Å². The monoisotopic (exact) mass is 544 g/mol. The Morgan fingerprint density at radius 2 is 1.85 bits per heavy atom. The van der Waals surface area contributed by atoms with Crippen LogP contribution in [0.4, 0.5) is 19.4 Å². The number of carbonyl (C=O) groups excluding carboxylic acids is 1. The van der Waals surface area contributed by atoms with E-state index in [1.165, 1.54) is 6.07 Å². The molecule has 1 aliphatic rings. The summed E-state index contributed by atoms with van der Waals surface area (Å²) in [6.45, 7) is 2.22. The second kappa shape index (κ2) is 10.1. The number of anilines is 1. The minimum atomic E-state index is -0.979. The molecule has 6 rings (SSSR count). The standard InChI is InChI=1S/C28H26F2N8O2/c1-16-24(18-11-19-14-32-37(3)27(19)31-13-18)35-38(20-7-5-4-6-8-20)26(16)34-28(39)33-23-15-36(2)40-25(23)17-9-10-21(29)22(30)12-17/h4-14,23,25H,15H2,1-3H3,(H2,33,34,39)/t23-,25+/m1/s1. The number of aryl methyl sites for hydroxylation is 1. The van der Waals surface area contributed by atoms with Crippen molar-refractivity contribution in [1.29, 1.82) is 0 Å². The third-order valence-electron chi connectivity index (χ3n) is 6.90. The van der Waals surface area contributed by atoms with Gasteiger partial charge in [0.05, 0.1) is 23.6 Å². The molecule has 12 heteroatoms. The number of hydrogen-bond acceptors (Lipinski definition) is 6. The number of nitrogens with one attached hydrogen (secondary N) is 2. The number of fused-ring (bicyclic) bond motifs is 1. The number of carbonyl (C=O) groups is 1. The number of aromatic nitrogens is 5. The van der Waals surface area contributed by atoms with Gasteiger partial charge in [-0.2, -0.15) is 15.3 Å². The van der Waals surface area contributed by atoms with Crippen LogP contribution in [-0.4, -0.2) is 55.3 Å². The van der Waals surface area contributed by atoms with Crippen molar-refractivity contribution in [2.75, 3.05) is 18.9 Å². The van der Waals surface area contributed by atoms with Crippen LogP contribution in [0.2, 0.25) is 0 Å². The van der Waals surface area contributed by atoms with Crippen LogP contribution in [0, 0.1) is 18.6 Å². The van der Waals surface area contributed by atoms with Gasteiger partial charge in [-0.25, -0.2) is 23.2 Å². The molecule has 204 valence electrons. The van der Waals surface area contributed by atoms with Crippen molar-refractivity contribution in [3.05, 3.63) is 89.8 Å². The minimum absolute atomic E-state index is 0.343. The second-order valence-corrected chi connectivity index (χ2v) is 9.69. The molecule has 40 heavy (non-hydrogen) atoms. The van der Waals surface area contributed by atoms with Crippen molar-refractivity contribution >= 4 is 22.9 Å². The SMILES string of the molecule is Cc1c(-c2cnc3c(cnn3C)c2)nn(-c2ccccc2)c1NC(=O)N[C@@H]1CN(C)O[C@H]1c1ccc(F)c(F)c1. The molecule has 2 atom stereocenters. The van der Waals surface area contributed by atoms with E-state index < -0.39 is 29.8 Å². The van der Waals surface area contributed by atoms with E-state index in [0.717, 1.165) is 40.0 Å². The van der Waals surface area contributed by atoms with Gasteiger partial charge in [0.15, 0.2) is 17.3 Å². The molecule has 2 amide bonds. The number of hydroxylamine groups is 2. The summed E-state index contributed by atoms with van der Waals surface area (Å²) in [4.78, 5) is 23.7. The summed E-state index contributed by atoms with van der Waals surface area (Å²) in [6.07, 6.45) is 2.78. The molecule has 0 radical (unpaired) electrons.